The molecule has 18 heavy (non-hydrogen) atoms. The molecule has 0 amide bonds. The van der Waals surface area contributed by atoms with Gasteiger partial charge in [0.15, 0.2) is 0 Å². The molecule has 1 aliphatic carbocycles. The SMILES string of the molecule is COc1ccc(Cl)cc1NC1CC(C)CCC1C. The molecule has 3 unspecified atom stereocenters. The van der Waals surface area contributed by atoms with Gasteiger partial charge < -0.3 is 10.1 Å². The third-order valence-corrected chi connectivity index (χ3v) is 4.20. The summed E-state index contributed by atoms with van der Waals surface area (Å²) >= 11 is 6.06. The van der Waals surface area contributed by atoms with Crippen molar-refractivity contribution in [2.24, 2.45) is 11.8 Å². The molecule has 0 radical (unpaired) electrons. The Morgan fingerprint density at radius 3 is 2.78 bits per heavy atom. The lowest BCUT2D eigenvalue weighted by molar-refractivity contribution is 0.280. The highest BCUT2D eigenvalue weighted by atomic mass is 35.5. The summed E-state index contributed by atoms with van der Waals surface area (Å²) in [6, 6.07) is 6.24. The van der Waals surface area contributed by atoms with Crippen molar-refractivity contribution in [1.82, 2.24) is 0 Å². The van der Waals surface area contributed by atoms with Crippen LogP contribution in [0, 0.1) is 11.8 Å². The van der Waals surface area contributed by atoms with Crippen molar-refractivity contribution >= 4 is 17.3 Å². The number of halogens is 1. The molecular weight excluding hydrogens is 246 g/mol. The van der Waals surface area contributed by atoms with E-state index in [0.29, 0.717) is 12.0 Å². The van der Waals surface area contributed by atoms with Gasteiger partial charge in [-0.3, -0.25) is 0 Å². The molecule has 1 N–H and O–H groups in total. The van der Waals surface area contributed by atoms with Crippen molar-refractivity contribution in [3.8, 4) is 5.75 Å². The van der Waals surface area contributed by atoms with Crippen LogP contribution in [0.15, 0.2) is 18.2 Å². The number of rotatable bonds is 3. The standard InChI is InChI=1S/C15H22ClNO/c1-10-4-5-11(2)13(8-10)17-14-9-12(16)6-7-15(14)18-3/h6-7,9-11,13,17H,4-5,8H2,1-3H3. The fraction of sp³-hybridized carbons (Fsp3) is 0.600. The number of methoxy groups -OCH3 is 1. The van der Waals surface area contributed by atoms with Gasteiger partial charge in [-0.25, -0.2) is 0 Å². The summed E-state index contributed by atoms with van der Waals surface area (Å²) in [7, 11) is 1.70. The van der Waals surface area contributed by atoms with Crippen molar-refractivity contribution < 1.29 is 4.74 Å². The van der Waals surface area contributed by atoms with Gasteiger partial charge >= 0.3 is 0 Å². The highest BCUT2D eigenvalue weighted by Crippen LogP contribution is 2.34. The van der Waals surface area contributed by atoms with Crippen LogP contribution in [0.2, 0.25) is 5.02 Å². The maximum absolute atomic E-state index is 6.06. The van der Waals surface area contributed by atoms with Crippen LogP contribution in [0.4, 0.5) is 5.69 Å². The first-order chi connectivity index (χ1) is 8.60. The summed E-state index contributed by atoms with van der Waals surface area (Å²) < 4.78 is 5.38. The Kier molecular flexibility index (Phi) is 4.39. The van der Waals surface area contributed by atoms with E-state index in [-0.39, 0.29) is 0 Å². The molecule has 2 nitrogen and oxygen atoms in total. The van der Waals surface area contributed by atoms with Crippen molar-refractivity contribution in [2.45, 2.75) is 39.2 Å². The van der Waals surface area contributed by atoms with Gasteiger partial charge in [-0.2, -0.15) is 0 Å². The predicted octanol–water partition coefficient (Wildman–Crippen LogP) is 4.59. The van der Waals surface area contributed by atoms with Gasteiger partial charge in [-0.05, 0) is 42.9 Å². The molecule has 1 aromatic carbocycles. The number of ether oxygens (including phenoxy) is 1. The lowest BCUT2D eigenvalue weighted by atomic mass is 9.80. The van der Waals surface area contributed by atoms with E-state index in [2.05, 4.69) is 19.2 Å². The molecule has 1 saturated carbocycles. The summed E-state index contributed by atoms with van der Waals surface area (Å²) in [6.07, 6.45) is 3.85. The van der Waals surface area contributed by atoms with Gasteiger partial charge in [0, 0.05) is 11.1 Å². The van der Waals surface area contributed by atoms with Crippen LogP contribution in [-0.4, -0.2) is 13.2 Å². The van der Waals surface area contributed by atoms with Crippen LogP contribution >= 0.6 is 11.6 Å². The topological polar surface area (TPSA) is 21.3 Å². The highest BCUT2D eigenvalue weighted by molar-refractivity contribution is 6.30. The molecule has 1 aromatic rings. The zero-order valence-electron chi connectivity index (χ0n) is 11.4. The van der Waals surface area contributed by atoms with Crippen LogP contribution in [0.5, 0.6) is 5.75 Å². The zero-order chi connectivity index (χ0) is 13.1. The minimum Gasteiger partial charge on any atom is -0.495 e. The van der Waals surface area contributed by atoms with E-state index in [9.17, 15) is 0 Å². The second-order valence-corrected chi connectivity index (χ2v) is 5.93. The largest absolute Gasteiger partial charge is 0.495 e. The molecule has 0 aromatic heterocycles. The number of anilines is 1. The van der Waals surface area contributed by atoms with E-state index in [0.717, 1.165) is 22.4 Å². The van der Waals surface area contributed by atoms with Crippen molar-refractivity contribution in [3.05, 3.63) is 23.2 Å². The third-order valence-electron chi connectivity index (χ3n) is 3.96. The van der Waals surface area contributed by atoms with Gasteiger partial charge in [-0.1, -0.05) is 31.9 Å². The molecule has 0 spiro atoms. The van der Waals surface area contributed by atoms with E-state index >= 15 is 0 Å². The first kappa shape index (κ1) is 13.5. The molecule has 100 valence electrons. The predicted molar refractivity (Wildman–Crippen MR) is 77.6 cm³/mol. The van der Waals surface area contributed by atoms with Crippen LogP contribution in [0.3, 0.4) is 0 Å². The molecule has 2 rings (SSSR count). The average molecular weight is 268 g/mol. The number of hydrogen-bond donors (Lipinski definition) is 1. The minimum atomic E-state index is 0.515. The van der Waals surface area contributed by atoms with E-state index in [4.69, 9.17) is 16.3 Å². The molecule has 0 aliphatic heterocycles. The Morgan fingerprint density at radius 1 is 1.28 bits per heavy atom. The Balaban J connectivity index is 2.14. The third kappa shape index (κ3) is 3.11. The smallest absolute Gasteiger partial charge is 0.142 e. The summed E-state index contributed by atoms with van der Waals surface area (Å²) in [5.74, 6) is 2.36. The second kappa shape index (κ2) is 5.83. The van der Waals surface area contributed by atoms with Crippen LogP contribution in [-0.2, 0) is 0 Å². The molecular formula is C15H22ClNO. The normalized spacial score (nSPS) is 27.9. The summed E-state index contributed by atoms with van der Waals surface area (Å²) in [6.45, 7) is 4.65. The van der Waals surface area contributed by atoms with Crippen molar-refractivity contribution in [2.75, 3.05) is 12.4 Å². The van der Waals surface area contributed by atoms with E-state index in [1.165, 1.54) is 19.3 Å². The van der Waals surface area contributed by atoms with Gasteiger partial charge in [0.1, 0.15) is 5.75 Å². The summed E-state index contributed by atoms with van der Waals surface area (Å²) in [4.78, 5) is 0. The van der Waals surface area contributed by atoms with E-state index in [1.54, 1.807) is 7.11 Å². The van der Waals surface area contributed by atoms with Crippen LogP contribution in [0.1, 0.15) is 33.1 Å². The zero-order valence-corrected chi connectivity index (χ0v) is 12.1. The van der Waals surface area contributed by atoms with Gasteiger partial charge in [0.25, 0.3) is 0 Å². The Labute approximate surface area is 115 Å². The quantitative estimate of drug-likeness (QED) is 0.865. The highest BCUT2D eigenvalue weighted by Gasteiger charge is 2.25. The maximum atomic E-state index is 6.06. The fourth-order valence-corrected chi connectivity index (χ4v) is 2.90. The number of hydrogen-bond acceptors (Lipinski definition) is 2. The Morgan fingerprint density at radius 2 is 2.06 bits per heavy atom. The van der Waals surface area contributed by atoms with Crippen LogP contribution in [0.25, 0.3) is 0 Å². The summed E-state index contributed by atoms with van der Waals surface area (Å²) in [5, 5.41) is 4.36. The Hall–Kier alpha value is -0.890. The second-order valence-electron chi connectivity index (χ2n) is 5.49. The van der Waals surface area contributed by atoms with Crippen molar-refractivity contribution in [3.63, 3.8) is 0 Å². The number of benzene rings is 1. The monoisotopic (exact) mass is 267 g/mol. The average Bonchev–Trinajstić information content (AvgIpc) is 2.34. The summed E-state index contributed by atoms with van der Waals surface area (Å²) in [5.41, 5.74) is 1.01. The lowest BCUT2D eigenvalue weighted by Crippen LogP contribution is -2.33. The van der Waals surface area contributed by atoms with Crippen molar-refractivity contribution in [1.29, 1.82) is 0 Å². The lowest BCUT2D eigenvalue weighted by Gasteiger charge is -2.34. The molecule has 3 atom stereocenters. The first-order valence-corrected chi connectivity index (χ1v) is 7.08. The van der Waals surface area contributed by atoms with E-state index < -0.39 is 0 Å². The Bertz CT molecular complexity index is 407. The molecule has 1 aliphatic rings. The fourth-order valence-electron chi connectivity index (χ4n) is 2.73. The molecule has 3 heteroatoms. The minimum absolute atomic E-state index is 0.515. The maximum Gasteiger partial charge on any atom is 0.142 e. The van der Waals surface area contributed by atoms with Crippen LogP contribution < -0.4 is 10.1 Å². The first-order valence-electron chi connectivity index (χ1n) is 6.70. The molecule has 0 heterocycles. The molecule has 0 bridgehead atoms. The molecule has 1 fully saturated rings. The van der Waals surface area contributed by atoms with Gasteiger partial charge in [0.05, 0.1) is 12.8 Å². The van der Waals surface area contributed by atoms with E-state index in [1.807, 2.05) is 18.2 Å². The van der Waals surface area contributed by atoms with Gasteiger partial charge in [-0.15, -0.1) is 0 Å². The number of nitrogens with one attached hydrogen (secondary N) is 1. The molecule has 0 saturated heterocycles. The van der Waals surface area contributed by atoms with Gasteiger partial charge in [0.2, 0.25) is 0 Å².